The Balaban J connectivity index is 1.05. The number of nitrogens with one attached hydrogen (secondary N) is 1. The smallest absolute Gasteiger partial charge is 0.416 e. The summed E-state index contributed by atoms with van der Waals surface area (Å²) in [5.41, 5.74) is 7.60. The van der Waals surface area contributed by atoms with Crippen LogP contribution in [0.2, 0.25) is 10.1 Å². The van der Waals surface area contributed by atoms with Crippen LogP contribution in [0.4, 0.5) is 19.5 Å². The first kappa shape index (κ1) is 39.6. The number of rotatable bonds is 12. The number of halogens is 1. The molecule has 296 valence electrons. The van der Waals surface area contributed by atoms with Crippen LogP contribution in [-0.2, 0) is 25.5 Å². The third kappa shape index (κ3) is 7.39. The molecule has 0 saturated carbocycles. The summed E-state index contributed by atoms with van der Waals surface area (Å²) in [6, 6.07) is 32.9. The lowest BCUT2D eigenvalue weighted by Crippen LogP contribution is -2.60. The van der Waals surface area contributed by atoms with E-state index in [0.717, 1.165) is 49.4 Å². The fraction of sp³-hybridized carbons (Fsp3) is 0.333. The van der Waals surface area contributed by atoms with Gasteiger partial charge in [0, 0.05) is 34.9 Å². The van der Waals surface area contributed by atoms with Gasteiger partial charge in [-0.1, -0.05) is 139 Å². The van der Waals surface area contributed by atoms with E-state index in [-0.39, 0.29) is 38.7 Å². The molecule has 1 heterocycles. The van der Waals surface area contributed by atoms with Crippen molar-refractivity contribution in [3.05, 3.63) is 125 Å². The number of hydrogen-bond acceptors (Lipinski definition) is 7. The third-order valence-corrected chi connectivity index (χ3v) is 16.1. The van der Waals surface area contributed by atoms with Gasteiger partial charge in [-0.2, -0.15) is 5.10 Å². The molecule has 0 spiro atoms. The second kappa shape index (κ2) is 15.7. The second-order valence-corrected chi connectivity index (χ2v) is 21.3. The number of hydrogen-bond donors (Lipinski definition) is 1. The predicted octanol–water partition coefficient (Wildman–Crippen LogP) is 9.03. The molecule has 0 fully saturated rings. The van der Waals surface area contributed by atoms with E-state index in [1.807, 2.05) is 139 Å². The number of amides is 2. The maximum atomic E-state index is 18.0. The summed E-state index contributed by atoms with van der Waals surface area (Å²) in [7, 11) is -3.94. The number of nitrogens with zero attached hydrogens (tertiary/aromatic N) is 3. The van der Waals surface area contributed by atoms with Gasteiger partial charge in [-0.3, -0.25) is 9.58 Å². The van der Waals surface area contributed by atoms with Crippen molar-refractivity contribution in [3.63, 3.8) is 0 Å². The largest absolute Gasteiger partial charge is 0.436 e. The molecule has 7 rings (SSSR count). The highest BCUT2D eigenvalue weighted by molar-refractivity contribution is 6.90. The lowest BCUT2D eigenvalue weighted by molar-refractivity contribution is -0.106. The average molecular weight is 789 g/mol. The van der Waals surface area contributed by atoms with Gasteiger partial charge in [0.15, 0.2) is 18.0 Å². The van der Waals surface area contributed by atoms with Crippen molar-refractivity contribution in [2.45, 2.75) is 70.4 Å². The molecule has 2 aliphatic carbocycles. The summed E-state index contributed by atoms with van der Waals surface area (Å²) in [5.74, 6) is 0.115. The van der Waals surface area contributed by atoms with Crippen molar-refractivity contribution >= 4 is 38.0 Å². The topological polar surface area (TPSA) is 112 Å². The summed E-state index contributed by atoms with van der Waals surface area (Å²) in [6.07, 6.45) is -1.93. The Morgan fingerprint density at radius 3 is 1.67 bits per heavy atom. The van der Waals surface area contributed by atoms with Crippen molar-refractivity contribution in [3.8, 4) is 22.3 Å². The summed E-state index contributed by atoms with van der Waals surface area (Å²) in [6.45, 7) is 11.6. The normalized spacial score (nSPS) is 13.7. The predicted molar refractivity (Wildman–Crippen MR) is 221 cm³/mol. The molecular formula is C45H49FN4O6Si. The number of aromatic nitrogens is 2. The highest BCUT2D eigenvalue weighted by atomic mass is 28.4. The van der Waals surface area contributed by atoms with Crippen LogP contribution in [0.1, 0.15) is 76.0 Å². The molecule has 4 aromatic carbocycles. The number of carbonyl (C=O) groups excluding carboxylic acids is 3. The molecule has 12 heteroatoms. The molecule has 0 saturated heterocycles. The molecule has 0 unspecified atom stereocenters. The van der Waals surface area contributed by atoms with Crippen LogP contribution in [-0.4, -0.2) is 63.0 Å². The summed E-state index contributed by atoms with van der Waals surface area (Å²) >= 11 is 0. The molecule has 10 nitrogen and oxygen atoms in total. The standard InChI is InChI=1S/C45H49FN4O6Si/c1-44(2,3)57(46,45(4,5)6)39-29-38(49(24-26-51)43(53)56-41-36-21-13-9-17-32(36)33-18-10-14-22-37(33)41)48-50(39)25-28-54-27-23-47-42(52)55-40-34-19-11-7-15-30(34)31-16-8-12-20-35(31)40/h7-22,26,29,40-41H,23-25,27-28H2,1-6H3,(H,47,52). The van der Waals surface area contributed by atoms with Crippen LogP contribution in [0.15, 0.2) is 103 Å². The third-order valence-electron chi connectivity index (χ3n) is 10.9. The number of carbonyl (C=O) groups is 3. The number of ether oxygens (including phenoxy) is 3. The molecule has 1 N–H and O–H groups in total. The minimum Gasteiger partial charge on any atom is -0.436 e. The Kier molecular flexibility index (Phi) is 10.9. The van der Waals surface area contributed by atoms with Gasteiger partial charge in [-0.05, 0) is 32.3 Å². The molecule has 2 amide bonds. The molecule has 57 heavy (non-hydrogen) atoms. The van der Waals surface area contributed by atoms with E-state index in [0.29, 0.717) is 11.6 Å². The monoisotopic (exact) mass is 788 g/mol. The maximum Gasteiger partial charge on any atom is 0.416 e. The number of alkyl carbamates (subject to hydrolysis) is 1. The van der Waals surface area contributed by atoms with E-state index < -0.39 is 42.9 Å². The lowest BCUT2D eigenvalue weighted by atomic mass is 10.1. The minimum absolute atomic E-state index is 0.115. The molecule has 1 aromatic heterocycles. The second-order valence-electron chi connectivity index (χ2n) is 16.5. The zero-order chi connectivity index (χ0) is 40.5. The SMILES string of the molecule is CC(C)(C)[Si](F)(c1cc(N(CC=O)C(=O)OC2c3ccccc3-c3ccccc32)nn1CCOCCNC(=O)OC1c2ccccc2-c2ccccc21)C(C)(C)C. The molecule has 0 atom stereocenters. The van der Waals surface area contributed by atoms with Crippen LogP contribution >= 0.6 is 0 Å². The van der Waals surface area contributed by atoms with E-state index >= 15 is 4.11 Å². The summed E-state index contributed by atoms with van der Waals surface area (Å²) in [5, 5.41) is 6.38. The van der Waals surface area contributed by atoms with Crippen molar-refractivity contribution < 1.29 is 32.7 Å². The van der Waals surface area contributed by atoms with Crippen LogP contribution < -0.4 is 15.5 Å². The quantitative estimate of drug-likeness (QED) is 0.0582. The fourth-order valence-electron chi connectivity index (χ4n) is 8.48. The van der Waals surface area contributed by atoms with E-state index in [9.17, 15) is 14.4 Å². The van der Waals surface area contributed by atoms with Gasteiger partial charge in [-0.15, -0.1) is 0 Å². The van der Waals surface area contributed by atoms with Gasteiger partial charge < -0.3 is 28.4 Å². The average Bonchev–Trinajstić information content (AvgIpc) is 3.85. The first-order valence-corrected chi connectivity index (χ1v) is 21.2. The van der Waals surface area contributed by atoms with E-state index in [1.54, 1.807) is 10.7 Å². The molecule has 0 aliphatic heterocycles. The van der Waals surface area contributed by atoms with Gasteiger partial charge in [0.05, 0.1) is 31.6 Å². The van der Waals surface area contributed by atoms with E-state index in [2.05, 4.69) is 5.32 Å². The zero-order valence-electron chi connectivity index (χ0n) is 33.3. The van der Waals surface area contributed by atoms with Gasteiger partial charge in [-0.25, -0.2) is 9.59 Å². The van der Waals surface area contributed by atoms with E-state index in [1.165, 1.54) is 0 Å². The molecule has 5 aromatic rings. The number of fused-ring (bicyclic) bond motifs is 6. The van der Waals surface area contributed by atoms with Gasteiger partial charge >= 0.3 is 20.6 Å². The Morgan fingerprint density at radius 1 is 0.754 bits per heavy atom. The highest BCUT2D eigenvalue weighted by Crippen LogP contribution is 2.52. The first-order valence-electron chi connectivity index (χ1n) is 19.3. The number of benzene rings is 4. The number of aldehydes is 1. The zero-order valence-corrected chi connectivity index (χ0v) is 34.3. The van der Waals surface area contributed by atoms with Crippen LogP contribution in [0.25, 0.3) is 22.3 Å². The Morgan fingerprint density at radius 2 is 1.21 bits per heavy atom. The minimum atomic E-state index is -3.94. The Labute approximate surface area is 334 Å². The first-order chi connectivity index (χ1) is 27.2. The highest BCUT2D eigenvalue weighted by Gasteiger charge is 2.59. The summed E-state index contributed by atoms with van der Waals surface area (Å²) in [4.78, 5) is 40.2. The molecule has 0 bridgehead atoms. The van der Waals surface area contributed by atoms with Crippen molar-refractivity contribution in [1.29, 1.82) is 0 Å². The Hall–Kier alpha value is -5.59. The van der Waals surface area contributed by atoms with Crippen molar-refractivity contribution in [1.82, 2.24) is 15.1 Å². The van der Waals surface area contributed by atoms with Crippen LogP contribution in [0.3, 0.4) is 0 Å². The van der Waals surface area contributed by atoms with Crippen LogP contribution in [0.5, 0.6) is 0 Å². The molecular weight excluding hydrogens is 740 g/mol. The van der Waals surface area contributed by atoms with Crippen LogP contribution in [0, 0.1) is 0 Å². The maximum absolute atomic E-state index is 18.0. The number of anilines is 1. The summed E-state index contributed by atoms with van der Waals surface area (Å²) < 4.78 is 37.5. The van der Waals surface area contributed by atoms with Gasteiger partial charge in [0.25, 0.3) is 0 Å². The van der Waals surface area contributed by atoms with Crippen molar-refractivity contribution in [2.24, 2.45) is 0 Å². The van der Waals surface area contributed by atoms with Gasteiger partial charge in [0.2, 0.25) is 0 Å². The lowest BCUT2D eigenvalue weighted by Gasteiger charge is -2.44. The van der Waals surface area contributed by atoms with E-state index in [4.69, 9.17) is 19.3 Å². The fourth-order valence-corrected chi connectivity index (χ4v) is 13.1. The molecule has 0 radical (unpaired) electrons. The van der Waals surface area contributed by atoms with Crippen molar-refractivity contribution in [2.75, 3.05) is 31.2 Å². The Bertz CT molecular complexity index is 2190. The van der Waals surface area contributed by atoms with Gasteiger partial charge in [0.1, 0.15) is 6.29 Å². The molecule has 2 aliphatic rings.